The van der Waals surface area contributed by atoms with Crippen molar-refractivity contribution in [3.63, 3.8) is 0 Å². The largest absolute Gasteiger partial charge is 0.390 e. The number of rotatable bonds is 5. The van der Waals surface area contributed by atoms with Crippen LogP contribution in [0.3, 0.4) is 0 Å². The Balaban J connectivity index is 2.54. The molecule has 0 saturated carbocycles. The summed E-state index contributed by atoms with van der Waals surface area (Å²) >= 11 is 0. The minimum atomic E-state index is -4.10. The van der Waals surface area contributed by atoms with Gasteiger partial charge >= 0.3 is 6.18 Å². The summed E-state index contributed by atoms with van der Waals surface area (Å²) < 4.78 is 36.2. The zero-order valence-corrected chi connectivity index (χ0v) is 10.0. The number of hydrogen-bond acceptors (Lipinski definition) is 2. The van der Waals surface area contributed by atoms with E-state index in [1.54, 1.807) is 11.9 Å². The van der Waals surface area contributed by atoms with Crippen molar-refractivity contribution >= 4 is 5.69 Å². The second-order valence-corrected chi connectivity index (χ2v) is 3.98. The number of nitrogens with zero attached hydrogens (tertiary/aromatic N) is 1. The Hall–Kier alpha value is -1.23. The Kier molecular flexibility index (Phi) is 4.81. The summed E-state index contributed by atoms with van der Waals surface area (Å²) in [7, 11) is 3.52. The van der Waals surface area contributed by atoms with Crippen LogP contribution < -0.4 is 10.2 Å². The van der Waals surface area contributed by atoms with Gasteiger partial charge in [-0.05, 0) is 24.7 Å². The SMILES string of the molecule is CNCc1ccc(N(C)CCC(F)(F)F)cc1. The molecule has 0 atom stereocenters. The quantitative estimate of drug-likeness (QED) is 0.859. The van der Waals surface area contributed by atoms with Crippen LogP contribution in [0.1, 0.15) is 12.0 Å². The molecule has 17 heavy (non-hydrogen) atoms. The van der Waals surface area contributed by atoms with Crippen molar-refractivity contribution in [2.24, 2.45) is 0 Å². The average molecular weight is 246 g/mol. The molecule has 0 aliphatic heterocycles. The van der Waals surface area contributed by atoms with Crippen molar-refractivity contribution in [3.8, 4) is 0 Å². The molecule has 2 nitrogen and oxygen atoms in total. The predicted octanol–water partition coefficient (Wildman–Crippen LogP) is 2.79. The zero-order chi connectivity index (χ0) is 12.9. The van der Waals surface area contributed by atoms with Crippen molar-refractivity contribution < 1.29 is 13.2 Å². The Labute approximate surface area is 99.4 Å². The monoisotopic (exact) mass is 246 g/mol. The summed E-state index contributed by atoms with van der Waals surface area (Å²) in [6.45, 7) is 0.738. The van der Waals surface area contributed by atoms with Crippen LogP contribution in [0.25, 0.3) is 0 Å². The third kappa shape index (κ3) is 5.08. The fourth-order valence-corrected chi connectivity index (χ4v) is 1.50. The van der Waals surface area contributed by atoms with Gasteiger partial charge in [-0.2, -0.15) is 13.2 Å². The summed E-state index contributed by atoms with van der Waals surface area (Å²) in [4.78, 5) is 1.61. The molecule has 5 heteroatoms. The van der Waals surface area contributed by atoms with E-state index in [1.807, 2.05) is 31.3 Å². The lowest BCUT2D eigenvalue weighted by Gasteiger charge is -2.20. The van der Waals surface area contributed by atoms with Crippen LogP contribution >= 0.6 is 0 Å². The molecule has 0 aromatic heterocycles. The van der Waals surface area contributed by atoms with Crippen molar-refractivity contribution in [2.45, 2.75) is 19.1 Å². The molecule has 0 unspecified atom stereocenters. The highest BCUT2D eigenvalue weighted by Crippen LogP contribution is 2.21. The number of anilines is 1. The first-order valence-corrected chi connectivity index (χ1v) is 5.44. The first-order chi connectivity index (χ1) is 7.92. The van der Waals surface area contributed by atoms with Gasteiger partial charge in [-0.15, -0.1) is 0 Å². The summed E-state index contributed by atoms with van der Waals surface area (Å²) in [6, 6.07) is 7.50. The number of benzene rings is 1. The van der Waals surface area contributed by atoms with Gasteiger partial charge in [-0.3, -0.25) is 0 Å². The molecule has 0 aliphatic carbocycles. The smallest absolute Gasteiger partial charge is 0.374 e. The lowest BCUT2D eigenvalue weighted by atomic mass is 10.2. The van der Waals surface area contributed by atoms with Gasteiger partial charge in [-0.25, -0.2) is 0 Å². The first-order valence-electron chi connectivity index (χ1n) is 5.44. The third-order valence-electron chi connectivity index (χ3n) is 2.49. The molecule has 0 bridgehead atoms. The standard InChI is InChI=1S/C12H17F3N2/c1-16-9-10-3-5-11(6-4-10)17(2)8-7-12(13,14)15/h3-6,16H,7-9H2,1-2H3. The van der Waals surface area contributed by atoms with Crippen LogP contribution in [0, 0.1) is 0 Å². The second-order valence-electron chi connectivity index (χ2n) is 3.98. The Bertz CT molecular complexity index is 333. The maximum atomic E-state index is 12.1. The maximum absolute atomic E-state index is 12.1. The molecular weight excluding hydrogens is 229 g/mol. The van der Waals surface area contributed by atoms with Gasteiger partial charge in [0.25, 0.3) is 0 Å². The molecular formula is C12H17F3N2. The topological polar surface area (TPSA) is 15.3 Å². The van der Waals surface area contributed by atoms with Crippen LogP contribution in [0.15, 0.2) is 24.3 Å². The van der Waals surface area contributed by atoms with E-state index in [0.29, 0.717) is 0 Å². The van der Waals surface area contributed by atoms with Crippen molar-refractivity contribution in [2.75, 3.05) is 25.5 Å². The highest BCUT2D eigenvalue weighted by molar-refractivity contribution is 5.46. The van der Waals surface area contributed by atoms with Crippen molar-refractivity contribution in [1.29, 1.82) is 0 Å². The molecule has 0 saturated heterocycles. The number of halogens is 3. The molecule has 1 aromatic carbocycles. The summed E-state index contributed by atoms with van der Waals surface area (Å²) in [5, 5.41) is 3.02. The molecule has 0 aliphatic rings. The fourth-order valence-electron chi connectivity index (χ4n) is 1.50. The van der Waals surface area contributed by atoms with Gasteiger partial charge in [0.2, 0.25) is 0 Å². The van der Waals surface area contributed by atoms with Crippen LogP contribution in [0.5, 0.6) is 0 Å². The predicted molar refractivity (Wildman–Crippen MR) is 63.1 cm³/mol. The van der Waals surface area contributed by atoms with E-state index in [2.05, 4.69) is 5.32 Å². The second kappa shape index (κ2) is 5.91. The van der Waals surface area contributed by atoms with Crippen molar-refractivity contribution in [3.05, 3.63) is 29.8 Å². The van der Waals surface area contributed by atoms with Gasteiger partial charge < -0.3 is 10.2 Å². The molecule has 0 radical (unpaired) electrons. The molecule has 0 amide bonds. The highest BCUT2D eigenvalue weighted by atomic mass is 19.4. The van der Waals surface area contributed by atoms with Gasteiger partial charge in [-0.1, -0.05) is 12.1 Å². The maximum Gasteiger partial charge on any atom is 0.390 e. The molecule has 96 valence electrons. The Morgan fingerprint density at radius 3 is 2.24 bits per heavy atom. The highest BCUT2D eigenvalue weighted by Gasteiger charge is 2.27. The molecule has 0 fully saturated rings. The molecule has 1 aromatic rings. The van der Waals surface area contributed by atoms with Crippen molar-refractivity contribution in [1.82, 2.24) is 5.32 Å². The summed E-state index contributed by atoms with van der Waals surface area (Å²) in [6.07, 6.45) is -4.89. The third-order valence-corrected chi connectivity index (χ3v) is 2.49. The summed E-state index contributed by atoms with van der Waals surface area (Å²) in [5.41, 5.74) is 1.91. The van der Waals surface area contributed by atoms with Crippen LogP contribution in [-0.4, -0.2) is 26.8 Å². The number of hydrogen-bond donors (Lipinski definition) is 1. The molecule has 1 rings (SSSR count). The molecule has 0 spiro atoms. The van der Waals surface area contributed by atoms with Gasteiger partial charge in [0.05, 0.1) is 6.42 Å². The first kappa shape index (κ1) is 13.8. The van der Waals surface area contributed by atoms with Crippen LogP contribution in [-0.2, 0) is 6.54 Å². The van der Waals surface area contributed by atoms with E-state index >= 15 is 0 Å². The molecule has 1 N–H and O–H groups in total. The van der Waals surface area contributed by atoms with E-state index in [1.165, 1.54) is 0 Å². The number of nitrogens with one attached hydrogen (secondary N) is 1. The van der Waals surface area contributed by atoms with Gasteiger partial charge in [0, 0.05) is 25.8 Å². The molecule has 0 heterocycles. The van der Waals surface area contributed by atoms with Gasteiger partial charge in [0.15, 0.2) is 0 Å². The van der Waals surface area contributed by atoms with Gasteiger partial charge in [0.1, 0.15) is 0 Å². The Morgan fingerprint density at radius 2 is 1.76 bits per heavy atom. The van der Waals surface area contributed by atoms with E-state index in [9.17, 15) is 13.2 Å². The fraction of sp³-hybridized carbons (Fsp3) is 0.500. The lowest BCUT2D eigenvalue weighted by molar-refractivity contribution is -0.132. The van der Waals surface area contributed by atoms with Crippen LogP contribution in [0.2, 0.25) is 0 Å². The minimum absolute atomic E-state index is 0.0190. The van der Waals surface area contributed by atoms with E-state index in [-0.39, 0.29) is 6.54 Å². The Morgan fingerprint density at radius 1 is 1.18 bits per heavy atom. The zero-order valence-electron chi connectivity index (χ0n) is 10.0. The van der Waals surface area contributed by atoms with E-state index in [0.717, 1.165) is 17.8 Å². The van der Waals surface area contributed by atoms with E-state index < -0.39 is 12.6 Å². The number of alkyl halides is 3. The van der Waals surface area contributed by atoms with Crippen LogP contribution in [0.4, 0.5) is 18.9 Å². The minimum Gasteiger partial charge on any atom is -0.374 e. The average Bonchev–Trinajstić information content (AvgIpc) is 2.26. The normalized spacial score (nSPS) is 11.6. The van der Waals surface area contributed by atoms with E-state index in [4.69, 9.17) is 0 Å². The lowest BCUT2D eigenvalue weighted by Crippen LogP contribution is -2.23. The summed E-state index contributed by atoms with van der Waals surface area (Å²) in [5.74, 6) is 0.